The van der Waals surface area contributed by atoms with Crippen LogP contribution >= 0.6 is 0 Å². The van der Waals surface area contributed by atoms with Crippen LogP contribution in [0.5, 0.6) is 0 Å². The number of carbonyl (C=O) groups is 1. The van der Waals surface area contributed by atoms with Crippen LogP contribution in [0.2, 0.25) is 0 Å². The Labute approximate surface area is 134 Å². The van der Waals surface area contributed by atoms with E-state index in [0.717, 1.165) is 36.7 Å². The van der Waals surface area contributed by atoms with Gasteiger partial charge in [0, 0.05) is 24.8 Å². The minimum atomic E-state index is 0.00390. The average molecular weight is 312 g/mol. The minimum absolute atomic E-state index is 0.00390. The van der Waals surface area contributed by atoms with Gasteiger partial charge in [-0.2, -0.15) is 0 Å². The number of likely N-dealkylation sites (tertiary alicyclic amines) is 1. The Kier molecular flexibility index (Phi) is 3.52. The van der Waals surface area contributed by atoms with Crippen LogP contribution in [0.3, 0.4) is 0 Å². The van der Waals surface area contributed by atoms with E-state index in [1.807, 2.05) is 30.0 Å². The van der Waals surface area contributed by atoms with Gasteiger partial charge in [0.2, 0.25) is 0 Å². The number of rotatable bonds is 4. The van der Waals surface area contributed by atoms with Crippen molar-refractivity contribution in [3.05, 3.63) is 41.4 Å². The number of pyridine rings is 1. The van der Waals surface area contributed by atoms with Crippen molar-refractivity contribution in [2.45, 2.75) is 44.7 Å². The first kappa shape index (κ1) is 14.2. The van der Waals surface area contributed by atoms with Gasteiger partial charge in [-0.3, -0.25) is 4.79 Å². The molecule has 3 heterocycles. The van der Waals surface area contributed by atoms with Crippen LogP contribution in [0.1, 0.15) is 53.5 Å². The standard InChI is InChI=1S/C17H20N4O2/c1-11-9-14(20-23-11)15-3-2-8-21(15)17(22)12-4-7-16(18-10-12)19-13-5-6-13/h4,7,9-10,13,15H,2-3,5-6,8H2,1H3,(H,18,19)/t15-/m0/s1. The Morgan fingerprint density at radius 2 is 2.22 bits per heavy atom. The largest absolute Gasteiger partial charge is 0.367 e. The van der Waals surface area contributed by atoms with Gasteiger partial charge in [-0.05, 0) is 44.7 Å². The smallest absolute Gasteiger partial charge is 0.255 e. The van der Waals surface area contributed by atoms with Gasteiger partial charge < -0.3 is 14.7 Å². The van der Waals surface area contributed by atoms with Gasteiger partial charge in [-0.25, -0.2) is 4.98 Å². The Balaban J connectivity index is 1.50. The second kappa shape index (κ2) is 5.68. The molecule has 0 bridgehead atoms. The van der Waals surface area contributed by atoms with E-state index in [9.17, 15) is 4.79 Å². The second-order valence-corrected chi connectivity index (χ2v) is 6.37. The predicted molar refractivity (Wildman–Crippen MR) is 85.1 cm³/mol. The van der Waals surface area contributed by atoms with Gasteiger partial charge in [0.25, 0.3) is 5.91 Å². The van der Waals surface area contributed by atoms with Gasteiger partial charge in [0.1, 0.15) is 17.3 Å². The number of carbonyl (C=O) groups excluding carboxylic acids is 1. The first-order chi connectivity index (χ1) is 11.2. The molecular formula is C17H20N4O2. The van der Waals surface area contributed by atoms with Gasteiger partial charge >= 0.3 is 0 Å². The molecule has 2 aromatic rings. The van der Waals surface area contributed by atoms with Crippen molar-refractivity contribution in [2.75, 3.05) is 11.9 Å². The Morgan fingerprint density at radius 3 is 2.87 bits per heavy atom. The molecule has 1 amide bonds. The normalized spacial score (nSPS) is 20.7. The fourth-order valence-corrected chi connectivity index (χ4v) is 3.07. The van der Waals surface area contributed by atoms with Crippen molar-refractivity contribution in [3.8, 4) is 0 Å². The van der Waals surface area contributed by atoms with E-state index in [0.29, 0.717) is 11.6 Å². The van der Waals surface area contributed by atoms with Crippen molar-refractivity contribution in [2.24, 2.45) is 0 Å². The fraction of sp³-hybridized carbons (Fsp3) is 0.471. The predicted octanol–water partition coefficient (Wildman–Crippen LogP) is 2.93. The molecule has 1 atom stereocenters. The molecule has 0 radical (unpaired) electrons. The summed E-state index contributed by atoms with van der Waals surface area (Å²) in [6, 6.07) is 6.21. The van der Waals surface area contributed by atoms with E-state index in [1.54, 1.807) is 6.20 Å². The monoisotopic (exact) mass is 312 g/mol. The van der Waals surface area contributed by atoms with Crippen LogP contribution in [0.4, 0.5) is 5.82 Å². The highest BCUT2D eigenvalue weighted by Gasteiger charge is 2.32. The van der Waals surface area contributed by atoms with Crippen molar-refractivity contribution in [1.29, 1.82) is 0 Å². The summed E-state index contributed by atoms with van der Waals surface area (Å²) in [5.74, 6) is 1.63. The zero-order chi connectivity index (χ0) is 15.8. The molecule has 0 aromatic carbocycles. The molecule has 1 saturated carbocycles. The molecule has 23 heavy (non-hydrogen) atoms. The number of aryl methyl sites for hydroxylation is 1. The van der Waals surface area contributed by atoms with Crippen LogP contribution in [0.25, 0.3) is 0 Å². The highest BCUT2D eigenvalue weighted by atomic mass is 16.5. The molecule has 2 aliphatic rings. The van der Waals surface area contributed by atoms with Crippen LogP contribution < -0.4 is 5.32 Å². The maximum atomic E-state index is 12.8. The highest BCUT2D eigenvalue weighted by molar-refractivity contribution is 5.94. The van der Waals surface area contributed by atoms with Crippen LogP contribution in [0.15, 0.2) is 28.9 Å². The molecule has 4 rings (SSSR count). The van der Waals surface area contributed by atoms with Crippen molar-refractivity contribution < 1.29 is 9.32 Å². The van der Waals surface area contributed by atoms with Gasteiger partial charge in [0.05, 0.1) is 11.6 Å². The van der Waals surface area contributed by atoms with E-state index in [2.05, 4.69) is 15.5 Å². The van der Waals surface area contributed by atoms with Crippen molar-refractivity contribution in [3.63, 3.8) is 0 Å². The lowest BCUT2D eigenvalue weighted by atomic mass is 10.1. The Bertz CT molecular complexity index is 706. The SMILES string of the molecule is Cc1cc([C@@H]2CCCN2C(=O)c2ccc(NC3CC3)nc2)no1. The molecule has 120 valence electrons. The summed E-state index contributed by atoms with van der Waals surface area (Å²) in [6.07, 6.45) is 5.98. The Morgan fingerprint density at radius 1 is 1.35 bits per heavy atom. The molecular weight excluding hydrogens is 292 g/mol. The molecule has 1 aliphatic carbocycles. The third kappa shape index (κ3) is 2.93. The van der Waals surface area contributed by atoms with E-state index in [4.69, 9.17) is 4.52 Å². The minimum Gasteiger partial charge on any atom is -0.367 e. The lowest BCUT2D eigenvalue weighted by Gasteiger charge is -2.23. The quantitative estimate of drug-likeness (QED) is 0.940. The summed E-state index contributed by atoms with van der Waals surface area (Å²) in [7, 11) is 0. The average Bonchev–Trinajstić information content (AvgIpc) is 3.07. The van der Waals surface area contributed by atoms with Crippen molar-refractivity contribution >= 4 is 11.7 Å². The van der Waals surface area contributed by atoms with Gasteiger partial charge in [-0.1, -0.05) is 5.16 Å². The second-order valence-electron chi connectivity index (χ2n) is 6.37. The van der Waals surface area contributed by atoms with Gasteiger partial charge in [-0.15, -0.1) is 0 Å². The molecule has 6 heteroatoms. The zero-order valence-corrected chi connectivity index (χ0v) is 13.2. The van der Waals surface area contributed by atoms with Crippen molar-refractivity contribution in [1.82, 2.24) is 15.0 Å². The first-order valence-electron chi connectivity index (χ1n) is 8.17. The van der Waals surface area contributed by atoms with E-state index in [-0.39, 0.29) is 11.9 Å². The van der Waals surface area contributed by atoms with E-state index in [1.165, 1.54) is 12.8 Å². The number of hydrogen-bond donors (Lipinski definition) is 1. The lowest BCUT2D eigenvalue weighted by Crippen LogP contribution is -2.30. The summed E-state index contributed by atoms with van der Waals surface area (Å²) < 4.78 is 5.16. The zero-order valence-electron chi connectivity index (χ0n) is 13.2. The number of aromatic nitrogens is 2. The number of nitrogens with one attached hydrogen (secondary N) is 1. The van der Waals surface area contributed by atoms with Crippen LogP contribution in [0, 0.1) is 6.92 Å². The molecule has 0 unspecified atom stereocenters. The summed E-state index contributed by atoms with van der Waals surface area (Å²) in [4.78, 5) is 19.0. The number of nitrogens with zero attached hydrogens (tertiary/aromatic N) is 3. The topological polar surface area (TPSA) is 71.3 Å². The van der Waals surface area contributed by atoms with Crippen LogP contribution in [-0.4, -0.2) is 33.5 Å². The molecule has 6 nitrogen and oxygen atoms in total. The lowest BCUT2D eigenvalue weighted by molar-refractivity contribution is 0.0730. The van der Waals surface area contributed by atoms with E-state index >= 15 is 0 Å². The summed E-state index contributed by atoms with van der Waals surface area (Å²) in [6.45, 7) is 2.62. The Hall–Kier alpha value is -2.37. The molecule has 1 N–H and O–H groups in total. The highest BCUT2D eigenvalue weighted by Crippen LogP contribution is 2.32. The summed E-state index contributed by atoms with van der Waals surface area (Å²) in [5.41, 5.74) is 1.46. The molecule has 1 aliphatic heterocycles. The summed E-state index contributed by atoms with van der Waals surface area (Å²) in [5, 5.41) is 7.41. The maximum Gasteiger partial charge on any atom is 0.255 e. The number of anilines is 1. The molecule has 1 saturated heterocycles. The maximum absolute atomic E-state index is 12.8. The van der Waals surface area contributed by atoms with E-state index < -0.39 is 0 Å². The fourth-order valence-electron chi connectivity index (χ4n) is 3.07. The molecule has 0 spiro atoms. The summed E-state index contributed by atoms with van der Waals surface area (Å²) >= 11 is 0. The number of hydrogen-bond acceptors (Lipinski definition) is 5. The molecule has 2 aromatic heterocycles. The third-order valence-electron chi connectivity index (χ3n) is 4.44. The third-order valence-corrected chi connectivity index (χ3v) is 4.44. The molecule has 2 fully saturated rings. The van der Waals surface area contributed by atoms with Gasteiger partial charge in [0.15, 0.2) is 0 Å². The number of amides is 1. The first-order valence-corrected chi connectivity index (χ1v) is 8.17. The van der Waals surface area contributed by atoms with Crippen LogP contribution in [-0.2, 0) is 0 Å².